The van der Waals surface area contributed by atoms with Crippen molar-refractivity contribution in [2.45, 2.75) is 32.7 Å². The summed E-state index contributed by atoms with van der Waals surface area (Å²) in [5.41, 5.74) is 4.62. The Bertz CT molecular complexity index is 1160. The van der Waals surface area contributed by atoms with Gasteiger partial charge in [-0.2, -0.15) is 5.10 Å². The Morgan fingerprint density at radius 2 is 1.42 bits per heavy atom. The van der Waals surface area contributed by atoms with Gasteiger partial charge in [0.25, 0.3) is 5.91 Å². The van der Waals surface area contributed by atoms with Gasteiger partial charge < -0.3 is 5.32 Å². The Morgan fingerprint density at radius 1 is 0.871 bits per heavy atom. The molecule has 1 aromatic heterocycles. The fourth-order valence-corrected chi connectivity index (χ4v) is 3.87. The molecule has 0 spiro atoms. The molecule has 156 valence electrons. The fraction of sp³-hybridized carbons (Fsp3) is 0.185. The van der Waals surface area contributed by atoms with Gasteiger partial charge in [0, 0.05) is 5.56 Å². The molecular weight excluding hydrogens is 382 g/mol. The van der Waals surface area contributed by atoms with Crippen LogP contribution in [0.25, 0.3) is 16.9 Å². The van der Waals surface area contributed by atoms with Crippen LogP contribution in [0, 0.1) is 0 Å². The van der Waals surface area contributed by atoms with Crippen molar-refractivity contribution < 1.29 is 4.79 Å². The molecule has 4 rings (SSSR count). The van der Waals surface area contributed by atoms with Crippen LogP contribution in [0.15, 0.2) is 91.0 Å². The molecule has 0 aliphatic heterocycles. The summed E-state index contributed by atoms with van der Waals surface area (Å²) in [5, 5.41) is 8.15. The second-order valence-corrected chi connectivity index (χ2v) is 8.08. The zero-order valence-electron chi connectivity index (χ0n) is 18.2. The third-order valence-electron chi connectivity index (χ3n) is 5.51. The molecule has 1 N–H and O–H groups in total. The maximum absolute atomic E-state index is 13.7. The number of nitrogens with one attached hydrogen (secondary N) is 1. The van der Waals surface area contributed by atoms with Crippen molar-refractivity contribution >= 4 is 5.91 Å². The van der Waals surface area contributed by atoms with Gasteiger partial charge in [-0.1, -0.05) is 85.8 Å². The second-order valence-electron chi connectivity index (χ2n) is 8.08. The van der Waals surface area contributed by atoms with Gasteiger partial charge in [0.2, 0.25) is 0 Å². The fourth-order valence-electron chi connectivity index (χ4n) is 3.87. The molecule has 0 aliphatic carbocycles. The second kappa shape index (κ2) is 8.60. The first-order chi connectivity index (χ1) is 15.0. The molecular formula is C27H27N3O. The molecule has 0 atom stereocenters. The quantitative estimate of drug-likeness (QED) is 0.440. The highest BCUT2D eigenvalue weighted by molar-refractivity contribution is 6.01. The molecule has 0 unspecified atom stereocenters. The van der Waals surface area contributed by atoms with E-state index < -0.39 is 5.54 Å². The lowest BCUT2D eigenvalue weighted by molar-refractivity contribution is 0.0911. The monoisotopic (exact) mass is 409 g/mol. The predicted octanol–water partition coefficient (Wildman–Crippen LogP) is 5.77. The summed E-state index contributed by atoms with van der Waals surface area (Å²) in [6.45, 7) is 6.11. The van der Waals surface area contributed by atoms with Crippen molar-refractivity contribution in [2.24, 2.45) is 0 Å². The minimum absolute atomic E-state index is 0.119. The molecule has 1 amide bonds. The van der Waals surface area contributed by atoms with Crippen LogP contribution in [0.3, 0.4) is 0 Å². The number of hydrogen-bond donors (Lipinski definition) is 1. The van der Waals surface area contributed by atoms with Gasteiger partial charge in [0.05, 0.1) is 22.5 Å². The van der Waals surface area contributed by atoms with Crippen molar-refractivity contribution in [3.8, 4) is 16.9 Å². The van der Waals surface area contributed by atoms with Gasteiger partial charge in [-0.05, 0) is 38.0 Å². The Morgan fingerprint density at radius 3 is 2.00 bits per heavy atom. The molecule has 1 heterocycles. The number of benzene rings is 3. The van der Waals surface area contributed by atoms with Crippen LogP contribution in [-0.4, -0.2) is 15.7 Å². The first-order valence-electron chi connectivity index (χ1n) is 10.6. The molecule has 0 aliphatic rings. The van der Waals surface area contributed by atoms with Crippen LogP contribution < -0.4 is 5.32 Å². The molecule has 0 saturated carbocycles. The summed E-state index contributed by atoms with van der Waals surface area (Å²) < 4.78 is 1.90. The van der Waals surface area contributed by atoms with Crippen molar-refractivity contribution in [1.29, 1.82) is 0 Å². The lowest BCUT2D eigenvalue weighted by Gasteiger charge is -2.27. The molecule has 3 aromatic carbocycles. The Labute approximate surface area is 183 Å². The Balaban J connectivity index is 1.84. The number of rotatable bonds is 6. The van der Waals surface area contributed by atoms with Crippen LogP contribution in [0.4, 0.5) is 0 Å². The third-order valence-corrected chi connectivity index (χ3v) is 5.51. The molecule has 4 aromatic rings. The van der Waals surface area contributed by atoms with E-state index in [1.54, 1.807) is 0 Å². The summed E-state index contributed by atoms with van der Waals surface area (Å²) in [6.07, 6.45) is 0.684. The predicted molar refractivity (Wildman–Crippen MR) is 125 cm³/mol. The minimum atomic E-state index is -0.522. The van der Waals surface area contributed by atoms with Crippen molar-refractivity contribution in [3.63, 3.8) is 0 Å². The Hall–Kier alpha value is -3.66. The van der Waals surface area contributed by atoms with E-state index in [1.165, 1.54) is 0 Å². The van der Waals surface area contributed by atoms with Gasteiger partial charge >= 0.3 is 0 Å². The highest BCUT2D eigenvalue weighted by Crippen LogP contribution is 2.29. The van der Waals surface area contributed by atoms with Crippen LogP contribution in [0.1, 0.15) is 42.4 Å². The van der Waals surface area contributed by atoms with Crippen LogP contribution in [0.2, 0.25) is 0 Å². The number of aromatic nitrogens is 2. The average molecular weight is 410 g/mol. The maximum atomic E-state index is 13.7. The maximum Gasteiger partial charge on any atom is 0.256 e. The summed E-state index contributed by atoms with van der Waals surface area (Å²) in [4.78, 5) is 13.7. The highest BCUT2D eigenvalue weighted by atomic mass is 16.1. The molecule has 0 bridgehead atoms. The van der Waals surface area contributed by atoms with Crippen molar-refractivity contribution in [3.05, 3.63) is 108 Å². The van der Waals surface area contributed by atoms with E-state index in [0.29, 0.717) is 17.7 Å². The van der Waals surface area contributed by atoms with Gasteiger partial charge in [0.1, 0.15) is 5.69 Å². The molecule has 0 fully saturated rings. The number of para-hydroxylation sites is 1. The smallest absolute Gasteiger partial charge is 0.256 e. The summed E-state index contributed by atoms with van der Waals surface area (Å²) >= 11 is 0. The number of hydrogen-bond acceptors (Lipinski definition) is 2. The normalized spacial score (nSPS) is 11.3. The zero-order valence-corrected chi connectivity index (χ0v) is 18.2. The lowest BCUT2D eigenvalue weighted by atomic mass is 9.93. The standard InChI is InChI=1S/C27H27N3O/c1-4-23-24(26(31)28-27(2,3)21-16-10-6-11-17-21)25(20-14-8-5-9-15-20)29-30(23)22-18-12-7-13-19-22/h5-19H,4H2,1-3H3,(H,28,31). The lowest BCUT2D eigenvalue weighted by Crippen LogP contribution is -2.41. The Kier molecular flexibility index (Phi) is 5.72. The topological polar surface area (TPSA) is 46.9 Å². The summed E-state index contributed by atoms with van der Waals surface area (Å²) in [6, 6.07) is 29.9. The molecule has 4 nitrogen and oxygen atoms in total. The van der Waals surface area contributed by atoms with Crippen LogP contribution in [-0.2, 0) is 12.0 Å². The van der Waals surface area contributed by atoms with Crippen molar-refractivity contribution in [1.82, 2.24) is 15.1 Å². The average Bonchev–Trinajstić information content (AvgIpc) is 3.20. The largest absolute Gasteiger partial charge is 0.343 e. The summed E-state index contributed by atoms with van der Waals surface area (Å²) in [5.74, 6) is -0.119. The number of amides is 1. The summed E-state index contributed by atoms with van der Waals surface area (Å²) in [7, 11) is 0. The van der Waals surface area contributed by atoms with Gasteiger partial charge in [0.15, 0.2) is 0 Å². The van der Waals surface area contributed by atoms with E-state index in [0.717, 1.165) is 22.5 Å². The zero-order chi connectivity index (χ0) is 21.8. The third kappa shape index (κ3) is 4.15. The van der Waals surface area contributed by atoms with Gasteiger partial charge in [-0.15, -0.1) is 0 Å². The van der Waals surface area contributed by atoms with E-state index in [4.69, 9.17) is 5.10 Å². The van der Waals surface area contributed by atoms with Crippen LogP contribution >= 0.6 is 0 Å². The van der Waals surface area contributed by atoms with Crippen LogP contribution in [0.5, 0.6) is 0 Å². The van der Waals surface area contributed by atoms with Crippen molar-refractivity contribution in [2.75, 3.05) is 0 Å². The van der Waals surface area contributed by atoms with E-state index in [-0.39, 0.29) is 5.91 Å². The van der Waals surface area contributed by atoms with E-state index in [9.17, 15) is 4.79 Å². The number of nitrogens with zero attached hydrogens (tertiary/aromatic N) is 2. The van der Waals surface area contributed by atoms with E-state index in [1.807, 2.05) is 110 Å². The SMILES string of the molecule is CCc1c(C(=O)NC(C)(C)c2ccccc2)c(-c2ccccc2)nn1-c1ccccc1. The molecule has 4 heteroatoms. The number of carbonyl (C=O) groups is 1. The highest BCUT2D eigenvalue weighted by Gasteiger charge is 2.29. The van der Waals surface area contributed by atoms with E-state index >= 15 is 0 Å². The molecule has 0 radical (unpaired) electrons. The van der Waals surface area contributed by atoms with Gasteiger partial charge in [-0.25, -0.2) is 4.68 Å². The van der Waals surface area contributed by atoms with E-state index in [2.05, 4.69) is 12.2 Å². The molecule has 31 heavy (non-hydrogen) atoms. The number of carbonyl (C=O) groups excluding carboxylic acids is 1. The van der Waals surface area contributed by atoms with Gasteiger partial charge in [-0.3, -0.25) is 4.79 Å². The first-order valence-corrected chi connectivity index (χ1v) is 10.6. The molecule has 0 saturated heterocycles. The first kappa shape index (κ1) is 20.6. The minimum Gasteiger partial charge on any atom is -0.343 e.